The van der Waals surface area contributed by atoms with E-state index in [1.165, 1.54) is 24.3 Å². The van der Waals surface area contributed by atoms with Crippen molar-refractivity contribution in [1.82, 2.24) is 0 Å². The molecule has 14 heteroatoms. The van der Waals surface area contributed by atoms with E-state index in [4.69, 9.17) is 23.4 Å². The van der Waals surface area contributed by atoms with Gasteiger partial charge in [0.05, 0.1) is 6.61 Å². The molecule has 1 aliphatic rings. The highest BCUT2D eigenvalue weighted by atomic mass is 16.7. The monoisotopic (exact) mass is 548 g/mol. The molecule has 0 spiro atoms. The Morgan fingerprint density at radius 2 is 1.59 bits per heavy atom. The third-order valence-electron chi connectivity index (χ3n) is 5.80. The van der Waals surface area contributed by atoms with Gasteiger partial charge in [-0.05, 0) is 24.3 Å². The average molecular weight is 548 g/mol. The van der Waals surface area contributed by atoms with Gasteiger partial charge >= 0.3 is 11.9 Å². The highest BCUT2D eigenvalue weighted by Crippen LogP contribution is 2.44. The van der Waals surface area contributed by atoms with E-state index >= 15 is 0 Å². The molecule has 0 amide bonds. The number of ether oxygens (including phenoxy) is 4. The molecule has 0 saturated carbocycles. The summed E-state index contributed by atoms with van der Waals surface area (Å²) in [4.78, 5) is 36.6. The van der Waals surface area contributed by atoms with Crippen molar-refractivity contribution in [2.24, 2.45) is 0 Å². The summed E-state index contributed by atoms with van der Waals surface area (Å²) in [5, 5.41) is 60.1. The summed E-state index contributed by atoms with van der Waals surface area (Å²) in [5.41, 5.74) is -1.52. The SMILES string of the molecule is CC(=O)OC1C(Oc2c(O)cc(O)c3c(=O)c(O)c(-c4ccc(O)cc4)oc23)OC(C(O)CO)C1OC(C)=O. The largest absolute Gasteiger partial charge is 0.508 e. The number of carbonyl (C=O) groups is 2. The molecule has 0 bridgehead atoms. The third kappa shape index (κ3) is 5.25. The van der Waals surface area contributed by atoms with Crippen molar-refractivity contribution >= 4 is 22.9 Å². The predicted octanol–water partition coefficient (Wildman–Crippen LogP) is 0.603. The number of aliphatic hydroxyl groups excluding tert-OH is 2. The van der Waals surface area contributed by atoms with Crippen LogP contribution in [0.1, 0.15) is 13.8 Å². The summed E-state index contributed by atoms with van der Waals surface area (Å²) in [6, 6.07) is 5.89. The van der Waals surface area contributed by atoms with Gasteiger partial charge in [0.2, 0.25) is 29.3 Å². The van der Waals surface area contributed by atoms with Crippen molar-refractivity contribution in [3.8, 4) is 40.1 Å². The number of aliphatic hydroxyl groups is 2. The maximum absolute atomic E-state index is 13.0. The van der Waals surface area contributed by atoms with Gasteiger partial charge in [-0.2, -0.15) is 0 Å². The number of rotatable bonds is 7. The van der Waals surface area contributed by atoms with Gasteiger partial charge in [-0.15, -0.1) is 0 Å². The molecule has 1 saturated heterocycles. The molecule has 0 aliphatic carbocycles. The molecular formula is C25H24O14. The standard InChI is InChI=1S/C25H24O14/c1-9(27)35-23-21(15(32)8-26)39-25(24(23)36-10(2)28)38-20-14(31)7-13(30)16-17(33)18(34)19(37-22(16)20)11-3-5-12(29)6-4-11/h3-7,15,21,23-26,29-32,34H,8H2,1-2H3. The first kappa shape index (κ1) is 27.5. The maximum Gasteiger partial charge on any atom is 0.303 e. The molecule has 1 aromatic heterocycles. The van der Waals surface area contributed by atoms with Crippen molar-refractivity contribution in [1.29, 1.82) is 0 Å². The van der Waals surface area contributed by atoms with Gasteiger partial charge in [0.1, 0.15) is 29.1 Å². The number of esters is 2. The predicted molar refractivity (Wildman–Crippen MR) is 128 cm³/mol. The topological polar surface area (TPSA) is 223 Å². The molecule has 4 rings (SSSR count). The molecule has 208 valence electrons. The van der Waals surface area contributed by atoms with Gasteiger partial charge in [-0.1, -0.05) is 0 Å². The summed E-state index contributed by atoms with van der Waals surface area (Å²) in [5.74, 6) is -5.26. The van der Waals surface area contributed by atoms with Crippen molar-refractivity contribution in [2.45, 2.75) is 44.6 Å². The molecule has 3 aromatic rings. The Kier molecular flexibility index (Phi) is 7.53. The van der Waals surface area contributed by atoms with Gasteiger partial charge < -0.3 is 54.0 Å². The normalized spacial score (nSPS) is 21.4. The lowest BCUT2D eigenvalue weighted by Crippen LogP contribution is -2.45. The third-order valence-corrected chi connectivity index (χ3v) is 5.80. The van der Waals surface area contributed by atoms with E-state index in [1.54, 1.807) is 0 Å². The molecule has 1 aliphatic heterocycles. The molecule has 14 nitrogen and oxygen atoms in total. The van der Waals surface area contributed by atoms with E-state index < -0.39 is 94.4 Å². The number of aromatic hydroxyl groups is 4. The van der Waals surface area contributed by atoms with Crippen molar-refractivity contribution in [3.05, 3.63) is 40.6 Å². The van der Waals surface area contributed by atoms with Gasteiger partial charge in [0.25, 0.3) is 0 Å². The van der Waals surface area contributed by atoms with Crippen molar-refractivity contribution in [3.63, 3.8) is 0 Å². The minimum atomic E-state index is -1.71. The van der Waals surface area contributed by atoms with E-state index in [9.17, 15) is 45.0 Å². The Hall–Kier alpha value is -4.53. The van der Waals surface area contributed by atoms with E-state index in [-0.39, 0.29) is 11.3 Å². The second-order valence-electron chi connectivity index (χ2n) is 8.59. The van der Waals surface area contributed by atoms with Crippen molar-refractivity contribution < 1.29 is 63.6 Å². The molecule has 1 fully saturated rings. The molecule has 5 atom stereocenters. The van der Waals surface area contributed by atoms with Crippen LogP contribution in [0.4, 0.5) is 0 Å². The lowest BCUT2D eigenvalue weighted by Gasteiger charge is -2.24. The van der Waals surface area contributed by atoms with Gasteiger partial charge in [0, 0.05) is 25.5 Å². The van der Waals surface area contributed by atoms with Crippen LogP contribution in [0.2, 0.25) is 0 Å². The molecular weight excluding hydrogens is 524 g/mol. The molecule has 5 unspecified atom stereocenters. The minimum Gasteiger partial charge on any atom is -0.508 e. The fourth-order valence-corrected chi connectivity index (χ4v) is 4.14. The van der Waals surface area contributed by atoms with Crippen LogP contribution in [0, 0.1) is 0 Å². The van der Waals surface area contributed by atoms with E-state index in [2.05, 4.69) is 0 Å². The summed E-state index contributed by atoms with van der Waals surface area (Å²) in [7, 11) is 0. The number of hydrogen-bond donors (Lipinski definition) is 6. The van der Waals surface area contributed by atoms with Crippen LogP contribution in [0.15, 0.2) is 39.5 Å². The smallest absolute Gasteiger partial charge is 0.303 e. The van der Waals surface area contributed by atoms with Crippen molar-refractivity contribution in [2.75, 3.05) is 6.61 Å². The number of fused-ring (bicyclic) bond motifs is 1. The summed E-state index contributed by atoms with van der Waals surface area (Å²) in [6.07, 6.45) is -7.79. The Morgan fingerprint density at radius 1 is 0.974 bits per heavy atom. The van der Waals surface area contributed by atoms with Gasteiger partial charge in [-0.25, -0.2) is 0 Å². The van der Waals surface area contributed by atoms with Crippen LogP contribution in [0.25, 0.3) is 22.3 Å². The van der Waals surface area contributed by atoms with Crippen LogP contribution >= 0.6 is 0 Å². The Balaban J connectivity index is 1.87. The second-order valence-corrected chi connectivity index (χ2v) is 8.59. The summed E-state index contributed by atoms with van der Waals surface area (Å²) >= 11 is 0. The van der Waals surface area contributed by atoms with Crippen LogP contribution in [-0.4, -0.2) is 79.9 Å². The fraction of sp³-hybridized carbons (Fsp3) is 0.320. The Labute approximate surface area is 218 Å². The summed E-state index contributed by atoms with van der Waals surface area (Å²) < 4.78 is 27.4. The molecule has 39 heavy (non-hydrogen) atoms. The molecule has 6 N–H and O–H groups in total. The first-order valence-electron chi connectivity index (χ1n) is 11.4. The Morgan fingerprint density at radius 3 is 2.18 bits per heavy atom. The number of hydrogen-bond acceptors (Lipinski definition) is 14. The van der Waals surface area contributed by atoms with Crippen LogP contribution in [-0.2, 0) is 23.8 Å². The number of benzene rings is 2. The van der Waals surface area contributed by atoms with Gasteiger partial charge in [0.15, 0.2) is 23.2 Å². The number of phenols is 3. The lowest BCUT2D eigenvalue weighted by molar-refractivity contribution is -0.170. The fourth-order valence-electron chi connectivity index (χ4n) is 4.14. The minimum absolute atomic E-state index is 0.113. The number of carbonyl (C=O) groups excluding carboxylic acids is 2. The first-order chi connectivity index (χ1) is 18.4. The molecule has 2 aromatic carbocycles. The van der Waals surface area contributed by atoms with E-state index in [1.807, 2.05) is 0 Å². The van der Waals surface area contributed by atoms with Crippen LogP contribution in [0.5, 0.6) is 28.7 Å². The Bertz CT molecular complexity index is 1460. The van der Waals surface area contributed by atoms with Crippen LogP contribution in [0.3, 0.4) is 0 Å². The van der Waals surface area contributed by atoms with Crippen LogP contribution < -0.4 is 10.2 Å². The lowest BCUT2D eigenvalue weighted by atomic mass is 10.1. The average Bonchev–Trinajstić information content (AvgIpc) is 3.18. The van der Waals surface area contributed by atoms with E-state index in [0.29, 0.717) is 0 Å². The highest BCUT2D eigenvalue weighted by Gasteiger charge is 2.53. The zero-order chi connectivity index (χ0) is 28.6. The quantitative estimate of drug-likeness (QED) is 0.223. The first-order valence-corrected chi connectivity index (χ1v) is 11.4. The maximum atomic E-state index is 13.0. The summed E-state index contributed by atoms with van der Waals surface area (Å²) in [6.45, 7) is 1.25. The second kappa shape index (κ2) is 10.7. The van der Waals surface area contributed by atoms with E-state index in [0.717, 1.165) is 19.9 Å². The highest BCUT2D eigenvalue weighted by molar-refractivity contribution is 5.93. The number of phenolic OH excluding ortho intramolecular Hbond substituents is 3. The zero-order valence-corrected chi connectivity index (χ0v) is 20.4. The van der Waals surface area contributed by atoms with Gasteiger partial charge in [-0.3, -0.25) is 14.4 Å². The molecule has 0 radical (unpaired) electrons. The zero-order valence-electron chi connectivity index (χ0n) is 20.4. The molecule has 2 heterocycles.